The van der Waals surface area contributed by atoms with Gasteiger partial charge in [0.2, 0.25) is 0 Å². The molecule has 0 aromatic heterocycles. The van der Waals surface area contributed by atoms with Crippen molar-refractivity contribution >= 4 is 21.8 Å². The largest absolute Gasteiger partial charge is 0.277 e. The average Bonchev–Trinajstić information content (AvgIpc) is 2.21. The summed E-state index contributed by atoms with van der Waals surface area (Å²) in [6.45, 7) is 3.86. The second-order valence-electron chi connectivity index (χ2n) is 3.40. The van der Waals surface area contributed by atoms with Gasteiger partial charge in [0.25, 0.3) is 5.91 Å². The number of amides is 1. The van der Waals surface area contributed by atoms with Crippen LogP contribution in [0, 0.1) is 13.8 Å². The summed E-state index contributed by atoms with van der Waals surface area (Å²) in [6.07, 6.45) is 0. The van der Waals surface area contributed by atoms with E-state index in [1.54, 1.807) is 7.05 Å². The number of hydrogen-bond donors (Lipinski definition) is 0. The Morgan fingerprint density at radius 3 is 2.53 bits per heavy atom. The van der Waals surface area contributed by atoms with Gasteiger partial charge in [-0.1, -0.05) is 15.9 Å². The van der Waals surface area contributed by atoms with Crippen LogP contribution in [-0.4, -0.2) is 25.1 Å². The Hall–Kier alpha value is -0.870. The minimum absolute atomic E-state index is 0.139. The number of carbonyl (C=O) groups is 1. The van der Waals surface area contributed by atoms with E-state index in [0.29, 0.717) is 5.56 Å². The first-order valence-electron chi connectivity index (χ1n) is 4.56. The second-order valence-corrected chi connectivity index (χ2v) is 4.26. The molecule has 0 bridgehead atoms. The van der Waals surface area contributed by atoms with Gasteiger partial charge in [0.15, 0.2) is 0 Å². The van der Waals surface area contributed by atoms with Crippen LogP contribution in [0.5, 0.6) is 0 Å². The highest BCUT2D eigenvalue weighted by Crippen LogP contribution is 2.22. The molecule has 82 valence electrons. The molecule has 0 fully saturated rings. The minimum atomic E-state index is -0.139. The van der Waals surface area contributed by atoms with Gasteiger partial charge in [-0.3, -0.25) is 9.63 Å². The van der Waals surface area contributed by atoms with E-state index in [0.717, 1.165) is 15.6 Å². The Bertz CT molecular complexity index is 390. The van der Waals surface area contributed by atoms with Crippen LogP contribution in [0.15, 0.2) is 16.6 Å². The normalized spacial score (nSPS) is 10.2. The molecule has 0 saturated heterocycles. The molecule has 3 nitrogen and oxygen atoms in total. The van der Waals surface area contributed by atoms with Crippen molar-refractivity contribution in [3.8, 4) is 0 Å². The summed E-state index contributed by atoms with van der Waals surface area (Å²) in [4.78, 5) is 16.8. The molecule has 1 amide bonds. The predicted octanol–water partition coefficient (Wildman–Crippen LogP) is 2.70. The topological polar surface area (TPSA) is 29.5 Å². The molecule has 1 rings (SSSR count). The van der Waals surface area contributed by atoms with Gasteiger partial charge in [-0.15, -0.1) is 0 Å². The molecule has 0 spiro atoms. The first-order valence-corrected chi connectivity index (χ1v) is 5.35. The van der Waals surface area contributed by atoms with E-state index >= 15 is 0 Å². The van der Waals surface area contributed by atoms with Crippen LogP contribution in [0.2, 0.25) is 0 Å². The van der Waals surface area contributed by atoms with Crippen molar-refractivity contribution in [1.82, 2.24) is 5.06 Å². The van der Waals surface area contributed by atoms with Gasteiger partial charge < -0.3 is 0 Å². The second kappa shape index (κ2) is 4.77. The lowest BCUT2D eigenvalue weighted by molar-refractivity contribution is -0.0757. The van der Waals surface area contributed by atoms with Crippen molar-refractivity contribution in [1.29, 1.82) is 0 Å². The number of aryl methyl sites for hydroxylation is 1. The fourth-order valence-electron chi connectivity index (χ4n) is 1.29. The summed E-state index contributed by atoms with van der Waals surface area (Å²) in [7, 11) is 3.07. The van der Waals surface area contributed by atoms with Crippen molar-refractivity contribution in [2.24, 2.45) is 0 Å². The van der Waals surface area contributed by atoms with Crippen LogP contribution in [0.25, 0.3) is 0 Å². The number of hydrogen-bond acceptors (Lipinski definition) is 2. The first kappa shape index (κ1) is 12.2. The maximum absolute atomic E-state index is 11.9. The summed E-state index contributed by atoms with van der Waals surface area (Å²) in [5, 5.41) is 1.22. The van der Waals surface area contributed by atoms with Crippen molar-refractivity contribution in [3.63, 3.8) is 0 Å². The third-order valence-corrected chi connectivity index (χ3v) is 3.10. The zero-order chi connectivity index (χ0) is 11.6. The van der Waals surface area contributed by atoms with Crippen molar-refractivity contribution in [3.05, 3.63) is 33.3 Å². The number of benzene rings is 1. The van der Waals surface area contributed by atoms with Gasteiger partial charge in [0.05, 0.1) is 7.11 Å². The SMILES string of the molecule is CON(C)C(=O)c1cc(C)cc(Br)c1C. The van der Waals surface area contributed by atoms with E-state index in [1.165, 1.54) is 12.2 Å². The summed E-state index contributed by atoms with van der Waals surface area (Å²) in [5.74, 6) is -0.139. The molecule has 0 aliphatic carbocycles. The highest BCUT2D eigenvalue weighted by Gasteiger charge is 2.15. The van der Waals surface area contributed by atoms with Crippen LogP contribution in [-0.2, 0) is 4.84 Å². The molecule has 0 aliphatic heterocycles. The van der Waals surface area contributed by atoms with Gasteiger partial charge >= 0.3 is 0 Å². The lowest BCUT2D eigenvalue weighted by Crippen LogP contribution is -2.26. The van der Waals surface area contributed by atoms with Crippen molar-refractivity contribution in [2.75, 3.05) is 14.2 Å². The number of carbonyl (C=O) groups excluding carboxylic acids is 1. The van der Waals surface area contributed by atoms with E-state index in [9.17, 15) is 4.79 Å². The Morgan fingerprint density at radius 2 is 2.00 bits per heavy atom. The first-order chi connectivity index (χ1) is 6.97. The Kier molecular flexibility index (Phi) is 3.88. The quantitative estimate of drug-likeness (QED) is 0.775. The fraction of sp³-hybridized carbons (Fsp3) is 0.364. The van der Waals surface area contributed by atoms with Gasteiger partial charge in [-0.2, -0.15) is 0 Å². The monoisotopic (exact) mass is 271 g/mol. The molecular weight excluding hydrogens is 258 g/mol. The van der Waals surface area contributed by atoms with Gasteiger partial charge in [0, 0.05) is 17.1 Å². The highest BCUT2D eigenvalue weighted by molar-refractivity contribution is 9.10. The van der Waals surface area contributed by atoms with Crippen LogP contribution in [0.4, 0.5) is 0 Å². The molecule has 0 heterocycles. The Labute approximate surface area is 98.1 Å². The van der Waals surface area contributed by atoms with Crippen molar-refractivity contribution in [2.45, 2.75) is 13.8 Å². The van der Waals surface area contributed by atoms with Crippen molar-refractivity contribution < 1.29 is 9.63 Å². The van der Waals surface area contributed by atoms with Crippen LogP contribution < -0.4 is 0 Å². The summed E-state index contributed by atoms with van der Waals surface area (Å²) in [6, 6.07) is 3.84. The van der Waals surface area contributed by atoms with Crippen LogP contribution in [0.3, 0.4) is 0 Å². The maximum Gasteiger partial charge on any atom is 0.277 e. The average molecular weight is 272 g/mol. The van der Waals surface area contributed by atoms with Gasteiger partial charge in [-0.25, -0.2) is 5.06 Å². The fourth-order valence-corrected chi connectivity index (χ4v) is 1.86. The molecule has 4 heteroatoms. The maximum atomic E-state index is 11.9. The standard InChI is InChI=1S/C11H14BrNO2/c1-7-5-9(8(2)10(12)6-7)11(14)13(3)15-4/h5-6H,1-4H3. The third kappa shape index (κ3) is 2.58. The molecule has 0 atom stereocenters. The summed E-state index contributed by atoms with van der Waals surface area (Å²) in [5.41, 5.74) is 2.63. The molecule has 1 aromatic carbocycles. The number of hydroxylamine groups is 2. The Balaban J connectivity index is 3.19. The van der Waals surface area contributed by atoms with Gasteiger partial charge in [-0.05, 0) is 37.1 Å². The molecular formula is C11H14BrNO2. The van der Waals surface area contributed by atoms with E-state index in [4.69, 9.17) is 4.84 Å². The molecule has 15 heavy (non-hydrogen) atoms. The molecule has 0 saturated carbocycles. The molecule has 1 aromatic rings. The van der Waals surface area contributed by atoms with E-state index in [2.05, 4.69) is 15.9 Å². The van der Waals surface area contributed by atoms with E-state index in [-0.39, 0.29) is 5.91 Å². The zero-order valence-electron chi connectivity index (χ0n) is 9.30. The predicted molar refractivity (Wildman–Crippen MR) is 62.7 cm³/mol. The highest BCUT2D eigenvalue weighted by atomic mass is 79.9. The molecule has 0 N–H and O–H groups in total. The summed E-state index contributed by atoms with van der Waals surface area (Å²) >= 11 is 3.42. The number of nitrogens with zero attached hydrogens (tertiary/aromatic N) is 1. The zero-order valence-corrected chi connectivity index (χ0v) is 10.9. The smallest absolute Gasteiger partial charge is 0.274 e. The van der Waals surface area contributed by atoms with Crippen LogP contribution >= 0.6 is 15.9 Å². The summed E-state index contributed by atoms with van der Waals surface area (Å²) < 4.78 is 0.940. The van der Waals surface area contributed by atoms with Gasteiger partial charge in [0.1, 0.15) is 0 Å². The minimum Gasteiger partial charge on any atom is -0.274 e. The third-order valence-electron chi connectivity index (χ3n) is 2.28. The Morgan fingerprint density at radius 1 is 1.40 bits per heavy atom. The van der Waals surface area contributed by atoms with Crippen LogP contribution in [0.1, 0.15) is 21.5 Å². The number of rotatable bonds is 2. The number of halogens is 1. The lowest BCUT2D eigenvalue weighted by atomic mass is 10.1. The molecule has 0 aliphatic rings. The molecule has 0 unspecified atom stereocenters. The molecule has 0 radical (unpaired) electrons. The lowest BCUT2D eigenvalue weighted by Gasteiger charge is -2.16. The van der Waals surface area contributed by atoms with E-state index in [1.807, 2.05) is 26.0 Å². The van der Waals surface area contributed by atoms with E-state index < -0.39 is 0 Å².